The third kappa shape index (κ3) is 4.00. The Morgan fingerprint density at radius 1 is 1.11 bits per heavy atom. The van der Waals surface area contributed by atoms with Gasteiger partial charge in [0.05, 0.1) is 12.2 Å². The summed E-state index contributed by atoms with van der Waals surface area (Å²) in [4.78, 5) is 34.6. The maximum atomic E-state index is 13.8. The van der Waals surface area contributed by atoms with Crippen molar-refractivity contribution in [1.29, 1.82) is 0 Å². The first-order chi connectivity index (χ1) is 18.1. The summed E-state index contributed by atoms with van der Waals surface area (Å²) in [5.74, 6) is 1.14. The van der Waals surface area contributed by atoms with Crippen molar-refractivity contribution in [3.63, 3.8) is 0 Å². The van der Waals surface area contributed by atoms with Crippen molar-refractivity contribution < 1.29 is 19.8 Å². The van der Waals surface area contributed by atoms with Gasteiger partial charge in [-0.05, 0) is 68.6 Å². The summed E-state index contributed by atoms with van der Waals surface area (Å²) in [6.07, 6.45) is 11.6. The minimum atomic E-state index is -1.30. The van der Waals surface area contributed by atoms with Crippen LogP contribution in [0.2, 0.25) is 0 Å². The van der Waals surface area contributed by atoms with Crippen LogP contribution in [0.15, 0.2) is 41.6 Å². The molecule has 2 heterocycles. The molecule has 0 spiro atoms. The number of ketones is 2. The Morgan fingerprint density at radius 2 is 1.87 bits per heavy atom. The quantitative estimate of drug-likeness (QED) is 0.574. The van der Waals surface area contributed by atoms with Crippen LogP contribution in [0.5, 0.6) is 5.75 Å². The number of Topliss-reactive ketones (excluding diaryl/α,β-unsaturated/α-hetero) is 1. The number of allylic oxidation sites excluding steroid dienone is 4. The van der Waals surface area contributed by atoms with E-state index in [1.54, 1.807) is 18.3 Å². The second-order valence-corrected chi connectivity index (χ2v) is 12.8. The molecule has 7 heteroatoms. The van der Waals surface area contributed by atoms with E-state index in [9.17, 15) is 19.8 Å². The third-order valence-electron chi connectivity index (χ3n) is 11.0. The number of nitrogens with zero attached hydrogens (tertiary/aromatic N) is 3. The van der Waals surface area contributed by atoms with Gasteiger partial charge in [-0.3, -0.25) is 24.4 Å². The molecule has 2 saturated carbocycles. The molecule has 1 saturated heterocycles. The summed E-state index contributed by atoms with van der Waals surface area (Å²) in [6, 6.07) is 3.39. The van der Waals surface area contributed by atoms with Crippen molar-refractivity contribution in [3.8, 4) is 5.75 Å². The van der Waals surface area contributed by atoms with Gasteiger partial charge in [0.1, 0.15) is 11.4 Å². The summed E-state index contributed by atoms with van der Waals surface area (Å²) in [7, 11) is 0. The predicted molar refractivity (Wildman–Crippen MR) is 144 cm³/mol. The molecular weight excluding hydrogens is 478 g/mol. The highest BCUT2D eigenvalue weighted by Gasteiger charge is 2.64. The number of piperazine rings is 1. The average molecular weight is 520 g/mol. The van der Waals surface area contributed by atoms with Crippen LogP contribution in [-0.4, -0.2) is 74.9 Å². The fourth-order valence-electron chi connectivity index (χ4n) is 8.53. The summed E-state index contributed by atoms with van der Waals surface area (Å²) < 4.78 is 0. The van der Waals surface area contributed by atoms with E-state index in [0.29, 0.717) is 36.9 Å². The lowest BCUT2D eigenvalue weighted by Gasteiger charge is -2.54. The Balaban J connectivity index is 1.13. The number of aromatic hydroxyl groups is 1. The lowest BCUT2D eigenvalue weighted by atomic mass is 9.50. The Bertz CT molecular complexity index is 1200. The maximum absolute atomic E-state index is 13.8. The van der Waals surface area contributed by atoms with Gasteiger partial charge in [0, 0.05) is 56.2 Å². The highest BCUT2D eigenvalue weighted by molar-refractivity contribution is 5.92. The highest BCUT2D eigenvalue weighted by Crippen LogP contribution is 2.65. The van der Waals surface area contributed by atoms with E-state index in [0.717, 1.165) is 58.3 Å². The van der Waals surface area contributed by atoms with E-state index >= 15 is 0 Å². The molecule has 0 amide bonds. The average Bonchev–Trinajstić information content (AvgIpc) is 3.18. The first-order valence-corrected chi connectivity index (χ1v) is 14.4. The predicted octanol–water partition coefficient (Wildman–Crippen LogP) is 3.66. The molecule has 0 aromatic carbocycles. The molecule has 0 bridgehead atoms. The lowest BCUT2D eigenvalue weighted by molar-refractivity contribution is -0.154. The number of rotatable bonds is 5. The number of hydrogen-bond acceptors (Lipinski definition) is 7. The zero-order valence-corrected chi connectivity index (χ0v) is 22.8. The number of aliphatic hydroxyl groups is 1. The second-order valence-electron chi connectivity index (χ2n) is 12.8. The Kier molecular flexibility index (Phi) is 6.40. The van der Waals surface area contributed by atoms with Crippen LogP contribution in [0.3, 0.4) is 0 Å². The molecule has 0 unspecified atom stereocenters. The molecule has 7 nitrogen and oxygen atoms in total. The fraction of sp³-hybridized carbons (Fsp3) is 0.645. The molecule has 4 aliphatic carbocycles. The zero-order valence-electron chi connectivity index (χ0n) is 22.8. The molecule has 5 atom stereocenters. The van der Waals surface area contributed by atoms with Crippen molar-refractivity contribution in [2.45, 2.75) is 70.9 Å². The SMILES string of the molecule is C[C@]12CCC(=O)C=C1CC[C@@H]1C2=CC[C@@]2(C)[C@H]1CC[C@]2(O)C(=O)CN1CCN(Cc2ncccc2O)CC1. The number of aromatic nitrogens is 1. The molecule has 0 radical (unpaired) electrons. The van der Waals surface area contributed by atoms with Crippen molar-refractivity contribution >= 4 is 11.6 Å². The Hall–Kier alpha value is -2.35. The first-order valence-electron chi connectivity index (χ1n) is 14.4. The molecule has 1 aromatic rings. The van der Waals surface area contributed by atoms with Crippen molar-refractivity contribution in [2.24, 2.45) is 22.7 Å². The van der Waals surface area contributed by atoms with Crippen LogP contribution >= 0.6 is 0 Å². The topological polar surface area (TPSA) is 94.0 Å². The third-order valence-corrected chi connectivity index (χ3v) is 11.0. The van der Waals surface area contributed by atoms with Gasteiger partial charge in [-0.2, -0.15) is 0 Å². The molecule has 6 rings (SSSR count). The summed E-state index contributed by atoms with van der Waals surface area (Å²) >= 11 is 0. The number of fused-ring (bicyclic) bond motifs is 5. The molecule has 1 aromatic heterocycles. The maximum Gasteiger partial charge on any atom is 0.178 e. The van der Waals surface area contributed by atoms with Gasteiger partial charge >= 0.3 is 0 Å². The van der Waals surface area contributed by atoms with Gasteiger partial charge in [0.15, 0.2) is 11.6 Å². The fourth-order valence-corrected chi connectivity index (χ4v) is 8.53. The van der Waals surface area contributed by atoms with Crippen molar-refractivity contribution in [2.75, 3.05) is 32.7 Å². The van der Waals surface area contributed by atoms with Gasteiger partial charge < -0.3 is 10.2 Å². The largest absolute Gasteiger partial charge is 0.506 e. The molecule has 38 heavy (non-hydrogen) atoms. The molecule has 5 aliphatic rings. The minimum Gasteiger partial charge on any atom is -0.506 e. The second kappa shape index (κ2) is 9.39. The zero-order chi connectivity index (χ0) is 26.7. The van der Waals surface area contributed by atoms with Gasteiger partial charge in [-0.15, -0.1) is 0 Å². The van der Waals surface area contributed by atoms with Gasteiger partial charge in [0.25, 0.3) is 0 Å². The summed E-state index contributed by atoms with van der Waals surface area (Å²) in [5.41, 5.74) is 1.67. The number of carbonyl (C=O) groups is 2. The first kappa shape index (κ1) is 25.9. The Morgan fingerprint density at radius 3 is 2.63 bits per heavy atom. The van der Waals surface area contributed by atoms with Crippen molar-refractivity contribution in [3.05, 3.63) is 47.3 Å². The van der Waals surface area contributed by atoms with Gasteiger partial charge in [-0.1, -0.05) is 31.1 Å². The van der Waals surface area contributed by atoms with Gasteiger partial charge in [0.2, 0.25) is 0 Å². The van der Waals surface area contributed by atoms with Crippen LogP contribution in [0.4, 0.5) is 0 Å². The van der Waals surface area contributed by atoms with Crippen LogP contribution in [0.25, 0.3) is 0 Å². The number of pyridine rings is 1. The number of carbonyl (C=O) groups excluding carboxylic acids is 2. The molecule has 1 aliphatic heterocycles. The molecule has 3 fully saturated rings. The van der Waals surface area contributed by atoms with Crippen LogP contribution in [-0.2, 0) is 16.1 Å². The summed E-state index contributed by atoms with van der Waals surface area (Å²) in [5, 5.41) is 22.1. The lowest BCUT2D eigenvalue weighted by Crippen LogP contribution is -2.58. The normalized spacial score (nSPS) is 37.6. The van der Waals surface area contributed by atoms with E-state index in [1.807, 2.05) is 6.08 Å². The minimum absolute atomic E-state index is 0.0268. The van der Waals surface area contributed by atoms with E-state index < -0.39 is 11.0 Å². The molecule has 2 N–H and O–H groups in total. The standard InChI is InChI=1S/C31H41N3O4/c1-29-10-7-22(35)18-21(29)5-6-23-24(29)8-11-30(2)25(23)9-12-31(30,38)28(37)20-34-16-14-33(15-17-34)19-26-27(36)4-3-13-32-26/h3-4,8,13,18,23,25,36,38H,5-7,9-12,14-17,19-20H2,1-2H3/t23-,25+,29+,30+,31+/m1/s1. The van der Waals surface area contributed by atoms with Crippen LogP contribution < -0.4 is 0 Å². The molecule has 204 valence electrons. The van der Waals surface area contributed by atoms with Crippen LogP contribution in [0, 0.1) is 22.7 Å². The van der Waals surface area contributed by atoms with E-state index in [1.165, 1.54) is 11.1 Å². The summed E-state index contributed by atoms with van der Waals surface area (Å²) in [6.45, 7) is 8.47. The monoisotopic (exact) mass is 519 g/mol. The van der Waals surface area contributed by atoms with Crippen LogP contribution in [0.1, 0.15) is 64.5 Å². The van der Waals surface area contributed by atoms with Crippen molar-refractivity contribution in [1.82, 2.24) is 14.8 Å². The van der Waals surface area contributed by atoms with E-state index in [4.69, 9.17) is 0 Å². The number of hydrogen-bond donors (Lipinski definition) is 2. The van der Waals surface area contributed by atoms with Gasteiger partial charge in [-0.25, -0.2) is 0 Å². The molecular formula is C31H41N3O4. The van der Waals surface area contributed by atoms with E-state index in [-0.39, 0.29) is 29.3 Å². The van der Waals surface area contributed by atoms with E-state index in [2.05, 4.69) is 34.7 Å². The smallest absolute Gasteiger partial charge is 0.178 e. The highest BCUT2D eigenvalue weighted by atomic mass is 16.3. The Labute approximate surface area is 225 Å².